The molecular formula is C11H18N2O5S2. The molecule has 7 nitrogen and oxygen atoms in total. The van der Waals surface area contributed by atoms with Crippen LogP contribution in [0.15, 0.2) is 23.1 Å². The molecule has 0 radical (unpaired) electrons. The summed E-state index contributed by atoms with van der Waals surface area (Å²) < 4.78 is 48.1. The SMILES string of the molecule is CC(C)(CNS(=O)(=O)c1ccc(O)c(N)c1)S(C)(=O)=O. The molecule has 1 aromatic rings. The van der Waals surface area contributed by atoms with Crippen molar-refractivity contribution in [2.75, 3.05) is 18.5 Å². The maximum absolute atomic E-state index is 12.0. The molecule has 0 unspecified atom stereocenters. The Morgan fingerprint density at radius 2 is 1.80 bits per heavy atom. The van der Waals surface area contributed by atoms with Crippen LogP contribution in [0.25, 0.3) is 0 Å². The number of phenolic OH excluding ortho intramolecular Hbond substituents is 1. The molecule has 1 aromatic carbocycles. The van der Waals surface area contributed by atoms with Crippen molar-refractivity contribution in [1.29, 1.82) is 0 Å². The Balaban J connectivity index is 3.00. The van der Waals surface area contributed by atoms with Gasteiger partial charge < -0.3 is 10.8 Å². The Labute approximate surface area is 118 Å². The minimum Gasteiger partial charge on any atom is -0.506 e. The lowest BCUT2D eigenvalue weighted by Gasteiger charge is -2.22. The third kappa shape index (κ3) is 3.62. The van der Waals surface area contributed by atoms with Crippen molar-refractivity contribution in [2.45, 2.75) is 23.5 Å². The number of sulfone groups is 1. The van der Waals surface area contributed by atoms with E-state index in [1.165, 1.54) is 19.9 Å². The number of benzene rings is 1. The first kappa shape index (κ1) is 16.7. The quantitative estimate of drug-likeness (QED) is 0.520. The van der Waals surface area contributed by atoms with Crippen molar-refractivity contribution in [3.8, 4) is 5.75 Å². The first-order chi connectivity index (χ1) is 8.87. The summed E-state index contributed by atoms with van der Waals surface area (Å²) in [6, 6.07) is 3.44. The van der Waals surface area contributed by atoms with Crippen LogP contribution in [0, 0.1) is 0 Å². The van der Waals surface area contributed by atoms with Gasteiger partial charge in [0, 0.05) is 12.8 Å². The molecule has 20 heavy (non-hydrogen) atoms. The van der Waals surface area contributed by atoms with Crippen molar-refractivity contribution in [3.05, 3.63) is 18.2 Å². The smallest absolute Gasteiger partial charge is 0.240 e. The highest BCUT2D eigenvalue weighted by Crippen LogP contribution is 2.23. The number of rotatable bonds is 5. The lowest BCUT2D eigenvalue weighted by molar-refractivity contribution is 0.477. The fourth-order valence-corrected chi connectivity index (χ4v) is 2.86. The van der Waals surface area contributed by atoms with E-state index in [2.05, 4.69) is 4.72 Å². The topological polar surface area (TPSA) is 127 Å². The molecule has 0 aliphatic heterocycles. The normalized spacial score (nSPS) is 13.3. The standard InChI is InChI=1S/C11H18N2O5S2/c1-11(2,19(3,15)16)7-13-20(17,18)8-4-5-10(14)9(12)6-8/h4-6,13-14H,7,12H2,1-3H3. The van der Waals surface area contributed by atoms with Crippen molar-refractivity contribution in [3.63, 3.8) is 0 Å². The van der Waals surface area contributed by atoms with Gasteiger partial charge in [0.2, 0.25) is 10.0 Å². The van der Waals surface area contributed by atoms with Gasteiger partial charge in [-0.1, -0.05) is 0 Å². The number of sulfonamides is 1. The molecule has 0 saturated heterocycles. The zero-order valence-corrected chi connectivity index (χ0v) is 13.0. The molecule has 0 heterocycles. The molecule has 0 spiro atoms. The molecule has 0 saturated carbocycles. The molecule has 114 valence electrons. The van der Waals surface area contributed by atoms with Crippen molar-refractivity contribution < 1.29 is 21.9 Å². The molecule has 0 bridgehead atoms. The third-order valence-corrected chi connectivity index (χ3v) is 6.55. The Hall–Kier alpha value is -1.32. The van der Waals surface area contributed by atoms with Gasteiger partial charge in [0.25, 0.3) is 0 Å². The number of phenols is 1. The van der Waals surface area contributed by atoms with Gasteiger partial charge in [-0.3, -0.25) is 0 Å². The Kier molecular flexibility index (Phi) is 4.37. The van der Waals surface area contributed by atoms with E-state index >= 15 is 0 Å². The largest absolute Gasteiger partial charge is 0.506 e. The van der Waals surface area contributed by atoms with Gasteiger partial charge in [-0.2, -0.15) is 0 Å². The Morgan fingerprint density at radius 1 is 1.25 bits per heavy atom. The second-order valence-corrected chi connectivity index (χ2v) is 9.49. The van der Waals surface area contributed by atoms with E-state index in [1.54, 1.807) is 0 Å². The van der Waals surface area contributed by atoms with Crippen LogP contribution >= 0.6 is 0 Å². The van der Waals surface area contributed by atoms with Crippen molar-refractivity contribution >= 4 is 25.5 Å². The fraction of sp³-hybridized carbons (Fsp3) is 0.455. The number of nitrogens with one attached hydrogen (secondary N) is 1. The van der Waals surface area contributed by atoms with Gasteiger partial charge in [-0.15, -0.1) is 0 Å². The maximum Gasteiger partial charge on any atom is 0.240 e. The maximum atomic E-state index is 12.0. The van der Waals surface area contributed by atoms with E-state index in [-0.39, 0.29) is 22.9 Å². The molecule has 0 aliphatic carbocycles. The van der Waals surface area contributed by atoms with Crippen molar-refractivity contribution in [1.82, 2.24) is 4.72 Å². The highest BCUT2D eigenvalue weighted by Gasteiger charge is 2.32. The second-order valence-electron chi connectivity index (χ2n) is 5.08. The van der Waals surface area contributed by atoms with Crippen LogP contribution in [0.4, 0.5) is 5.69 Å². The van der Waals surface area contributed by atoms with Crippen LogP contribution in [0.1, 0.15) is 13.8 Å². The summed E-state index contributed by atoms with van der Waals surface area (Å²) in [7, 11) is -7.31. The van der Waals surface area contributed by atoms with E-state index in [9.17, 15) is 21.9 Å². The number of nitrogens with two attached hydrogens (primary N) is 1. The predicted molar refractivity (Wildman–Crippen MR) is 76.6 cm³/mol. The number of hydrogen-bond donors (Lipinski definition) is 3. The third-order valence-electron chi connectivity index (χ3n) is 3.00. The van der Waals surface area contributed by atoms with Crippen LogP contribution in [-0.2, 0) is 19.9 Å². The number of hydrogen-bond acceptors (Lipinski definition) is 6. The lowest BCUT2D eigenvalue weighted by atomic mass is 10.2. The molecule has 4 N–H and O–H groups in total. The minimum absolute atomic E-state index is 0.0738. The Bertz CT molecular complexity index is 708. The average molecular weight is 322 g/mol. The highest BCUT2D eigenvalue weighted by atomic mass is 32.2. The lowest BCUT2D eigenvalue weighted by Crippen LogP contribution is -2.43. The molecule has 0 fully saturated rings. The first-order valence-corrected chi connectivity index (χ1v) is 9.02. The van der Waals surface area contributed by atoms with E-state index in [1.807, 2.05) is 0 Å². The summed E-state index contributed by atoms with van der Waals surface area (Å²) in [6.07, 6.45) is 1.04. The molecule has 0 amide bonds. The summed E-state index contributed by atoms with van der Waals surface area (Å²) in [4.78, 5) is -0.142. The monoisotopic (exact) mass is 322 g/mol. The van der Waals surface area contributed by atoms with Crippen LogP contribution in [0.5, 0.6) is 5.75 Å². The summed E-state index contributed by atoms with van der Waals surface area (Å²) in [6.45, 7) is 2.58. The summed E-state index contributed by atoms with van der Waals surface area (Å²) in [5.74, 6) is -0.222. The molecule has 1 rings (SSSR count). The fourth-order valence-electron chi connectivity index (χ4n) is 1.18. The number of anilines is 1. The molecule has 0 atom stereocenters. The molecule has 0 aromatic heterocycles. The highest BCUT2D eigenvalue weighted by molar-refractivity contribution is 7.92. The van der Waals surface area contributed by atoms with Gasteiger partial charge in [0.1, 0.15) is 5.75 Å². The zero-order chi connectivity index (χ0) is 15.8. The van der Waals surface area contributed by atoms with Gasteiger partial charge >= 0.3 is 0 Å². The average Bonchev–Trinajstić information content (AvgIpc) is 2.29. The zero-order valence-electron chi connectivity index (χ0n) is 11.4. The first-order valence-electron chi connectivity index (χ1n) is 5.64. The summed E-state index contributed by atoms with van der Waals surface area (Å²) in [5.41, 5.74) is 5.36. The molecular weight excluding hydrogens is 304 g/mol. The molecule has 9 heteroatoms. The van der Waals surface area contributed by atoms with E-state index < -0.39 is 24.6 Å². The molecule has 0 aliphatic rings. The van der Waals surface area contributed by atoms with Crippen LogP contribution < -0.4 is 10.5 Å². The minimum atomic E-state index is -3.90. The van der Waals surface area contributed by atoms with Gasteiger partial charge in [-0.05, 0) is 32.0 Å². The van der Waals surface area contributed by atoms with E-state index in [0.717, 1.165) is 18.4 Å². The second kappa shape index (κ2) is 5.23. The van der Waals surface area contributed by atoms with Gasteiger partial charge in [0.15, 0.2) is 9.84 Å². The summed E-state index contributed by atoms with van der Waals surface area (Å²) in [5, 5.41) is 9.26. The van der Waals surface area contributed by atoms with Crippen LogP contribution in [-0.4, -0.2) is 39.5 Å². The predicted octanol–water partition coefficient (Wildman–Crippen LogP) is 0.0759. The Morgan fingerprint density at radius 3 is 2.25 bits per heavy atom. The van der Waals surface area contributed by atoms with Gasteiger partial charge in [0.05, 0.1) is 15.3 Å². The van der Waals surface area contributed by atoms with Gasteiger partial charge in [-0.25, -0.2) is 21.6 Å². The van der Waals surface area contributed by atoms with E-state index in [0.29, 0.717) is 0 Å². The number of aromatic hydroxyl groups is 1. The van der Waals surface area contributed by atoms with Crippen LogP contribution in [0.2, 0.25) is 0 Å². The van der Waals surface area contributed by atoms with Crippen molar-refractivity contribution in [2.24, 2.45) is 0 Å². The summed E-state index contributed by atoms with van der Waals surface area (Å²) >= 11 is 0. The van der Waals surface area contributed by atoms with Crippen LogP contribution in [0.3, 0.4) is 0 Å². The number of nitrogen functional groups attached to an aromatic ring is 1. The van der Waals surface area contributed by atoms with E-state index in [4.69, 9.17) is 5.73 Å².